The van der Waals surface area contributed by atoms with Gasteiger partial charge in [0.25, 0.3) is 5.91 Å². The first-order valence-corrected chi connectivity index (χ1v) is 5.06. The van der Waals surface area contributed by atoms with E-state index >= 15 is 0 Å². The first-order chi connectivity index (χ1) is 7.67. The number of terminal acetylenes is 1. The lowest BCUT2D eigenvalue weighted by molar-refractivity contribution is 0.0943. The molecule has 1 unspecified atom stereocenters. The van der Waals surface area contributed by atoms with Gasteiger partial charge in [0.05, 0.1) is 6.04 Å². The van der Waals surface area contributed by atoms with Crippen LogP contribution in [-0.2, 0) is 0 Å². The smallest absolute Gasteiger partial charge is 0.252 e. The molecule has 1 heterocycles. The average Bonchev–Trinajstić information content (AvgIpc) is 2.28. The van der Waals surface area contributed by atoms with Gasteiger partial charge < -0.3 is 5.32 Å². The van der Waals surface area contributed by atoms with Crippen LogP contribution in [0.15, 0.2) is 18.3 Å². The molecule has 0 aliphatic rings. The summed E-state index contributed by atoms with van der Waals surface area (Å²) in [6.07, 6.45) is 8.09. The fourth-order valence-corrected chi connectivity index (χ4v) is 1.27. The Balaban J connectivity index is 2.69. The number of nitrogens with zero attached hydrogens (tertiary/aromatic N) is 1. The number of amides is 1. The van der Waals surface area contributed by atoms with Crippen LogP contribution in [0.25, 0.3) is 0 Å². The number of hydrogen-bond acceptors (Lipinski definition) is 2. The molecule has 16 heavy (non-hydrogen) atoms. The Morgan fingerprint density at radius 2 is 2.50 bits per heavy atom. The lowest BCUT2D eigenvalue weighted by Gasteiger charge is -2.11. The molecule has 84 valence electrons. The van der Waals surface area contributed by atoms with E-state index in [0.29, 0.717) is 6.42 Å². The second-order valence-electron chi connectivity index (χ2n) is 3.35. The minimum Gasteiger partial charge on any atom is -0.338 e. The number of nitrogens with one attached hydrogen (secondary N) is 1. The molecular formula is C12H13FN2O. The molecule has 0 bridgehead atoms. The highest BCUT2D eigenvalue weighted by Gasteiger charge is 2.11. The molecule has 0 spiro atoms. The van der Waals surface area contributed by atoms with Crippen molar-refractivity contribution in [2.75, 3.05) is 0 Å². The van der Waals surface area contributed by atoms with E-state index in [-0.39, 0.29) is 17.5 Å². The highest BCUT2D eigenvalue weighted by molar-refractivity contribution is 5.94. The van der Waals surface area contributed by atoms with Gasteiger partial charge in [-0.2, -0.15) is 4.39 Å². The van der Waals surface area contributed by atoms with Gasteiger partial charge >= 0.3 is 0 Å². The van der Waals surface area contributed by atoms with E-state index in [2.05, 4.69) is 16.2 Å². The molecule has 0 aliphatic carbocycles. The second kappa shape index (κ2) is 5.86. The third kappa shape index (κ3) is 3.35. The predicted molar refractivity (Wildman–Crippen MR) is 59.2 cm³/mol. The molecule has 1 aromatic heterocycles. The maximum Gasteiger partial charge on any atom is 0.252 e. The molecule has 0 saturated heterocycles. The molecule has 1 rings (SSSR count). The molecular weight excluding hydrogens is 207 g/mol. The second-order valence-corrected chi connectivity index (χ2v) is 3.35. The summed E-state index contributed by atoms with van der Waals surface area (Å²) < 4.78 is 12.8. The summed E-state index contributed by atoms with van der Waals surface area (Å²) >= 11 is 0. The number of halogens is 1. The molecule has 0 aliphatic heterocycles. The topological polar surface area (TPSA) is 42.0 Å². The summed E-state index contributed by atoms with van der Waals surface area (Å²) in [5.41, 5.74) is 0.226. The molecule has 1 N–H and O–H groups in total. The van der Waals surface area contributed by atoms with E-state index in [1.165, 1.54) is 12.3 Å². The summed E-state index contributed by atoms with van der Waals surface area (Å²) in [5.74, 6) is 1.42. The van der Waals surface area contributed by atoms with Gasteiger partial charge in [0.15, 0.2) is 0 Å². The van der Waals surface area contributed by atoms with Crippen LogP contribution in [0.1, 0.15) is 30.1 Å². The van der Waals surface area contributed by atoms with Crippen molar-refractivity contribution in [2.24, 2.45) is 0 Å². The molecule has 3 nitrogen and oxygen atoms in total. The number of carbonyl (C=O) groups excluding carboxylic acids is 1. The van der Waals surface area contributed by atoms with Gasteiger partial charge in [0.2, 0.25) is 5.95 Å². The molecule has 1 aromatic rings. The Labute approximate surface area is 94.1 Å². The van der Waals surface area contributed by atoms with E-state index in [0.717, 1.165) is 12.5 Å². The van der Waals surface area contributed by atoms with Crippen molar-refractivity contribution in [3.8, 4) is 12.3 Å². The van der Waals surface area contributed by atoms with Gasteiger partial charge in [0, 0.05) is 17.8 Å². The van der Waals surface area contributed by atoms with Crippen LogP contribution in [-0.4, -0.2) is 16.9 Å². The largest absolute Gasteiger partial charge is 0.338 e. The van der Waals surface area contributed by atoms with Crippen molar-refractivity contribution in [3.63, 3.8) is 0 Å². The van der Waals surface area contributed by atoms with Crippen molar-refractivity contribution in [3.05, 3.63) is 29.8 Å². The highest BCUT2D eigenvalue weighted by atomic mass is 19.1. The molecule has 0 radical (unpaired) electrons. The summed E-state index contributed by atoms with van der Waals surface area (Å²) in [6.45, 7) is 1.97. The zero-order valence-electron chi connectivity index (χ0n) is 9.03. The first-order valence-electron chi connectivity index (χ1n) is 5.06. The Kier molecular flexibility index (Phi) is 4.46. The standard InChI is InChI=1S/C12H13FN2O/c1-3-5-10(4-2)15-12(16)9-6-7-14-11(13)8-9/h2,6-8,10H,3,5H2,1H3,(H,15,16). The molecule has 0 saturated carbocycles. The normalized spacial score (nSPS) is 11.6. The van der Waals surface area contributed by atoms with Crippen LogP contribution in [0.5, 0.6) is 0 Å². The van der Waals surface area contributed by atoms with Gasteiger partial charge in [-0.15, -0.1) is 6.42 Å². The van der Waals surface area contributed by atoms with Crippen LogP contribution in [0.2, 0.25) is 0 Å². The van der Waals surface area contributed by atoms with E-state index in [1.807, 2.05) is 6.92 Å². The van der Waals surface area contributed by atoms with Gasteiger partial charge in [-0.3, -0.25) is 4.79 Å². The van der Waals surface area contributed by atoms with E-state index < -0.39 is 5.95 Å². The van der Waals surface area contributed by atoms with E-state index in [9.17, 15) is 9.18 Å². The SMILES string of the molecule is C#CC(CCC)NC(=O)c1ccnc(F)c1. The molecule has 1 atom stereocenters. The number of aromatic nitrogens is 1. The third-order valence-corrected chi connectivity index (χ3v) is 2.07. The minimum absolute atomic E-state index is 0.226. The van der Waals surface area contributed by atoms with Crippen LogP contribution in [0.4, 0.5) is 4.39 Å². The quantitative estimate of drug-likeness (QED) is 0.620. The lowest BCUT2D eigenvalue weighted by Crippen LogP contribution is -2.33. The summed E-state index contributed by atoms with van der Waals surface area (Å²) in [6, 6.07) is 2.21. The summed E-state index contributed by atoms with van der Waals surface area (Å²) in [4.78, 5) is 15.0. The predicted octanol–water partition coefficient (Wildman–Crippen LogP) is 1.75. The zero-order chi connectivity index (χ0) is 12.0. The molecule has 0 aromatic carbocycles. The van der Waals surface area contributed by atoms with Crippen molar-refractivity contribution in [1.29, 1.82) is 0 Å². The number of hydrogen-bond donors (Lipinski definition) is 1. The third-order valence-electron chi connectivity index (χ3n) is 2.07. The van der Waals surface area contributed by atoms with Gasteiger partial charge in [-0.25, -0.2) is 4.98 Å². The number of rotatable bonds is 4. The van der Waals surface area contributed by atoms with Crippen molar-refractivity contribution >= 4 is 5.91 Å². The average molecular weight is 220 g/mol. The minimum atomic E-state index is -0.680. The van der Waals surface area contributed by atoms with Crippen LogP contribution in [0.3, 0.4) is 0 Å². The highest BCUT2D eigenvalue weighted by Crippen LogP contribution is 2.02. The Morgan fingerprint density at radius 1 is 1.75 bits per heavy atom. The molecule has 4 heteroatoms. The zero-order valence-corrected chi connectivity index (χ0v) is 9.03. The van der Waals surface area contributed by atoms with Gasteiger partial charge in [-0.05, 0) is 12.5 Å². The van der Waals surface area contributed by atoms with Crippen LogP contribution in [0, 0.1) is 18.3 Å². The Morgan fingerprint density at radius 3 is 3.06 bits per heavy atom. The fraction of sp³-hybridized carbons (Fsp3) is 0.333. The molecule has 1 amide bonds. The Bertz CT molecular complexity index is 412. The van der Waals surface area contributed by atoms with Crippen molar-refractivity contribution < 1.29 is 9.18 Å². The van der Waals surface area contributed by atoms with E-state index in [4.69, 9.17) is 6.42 Å². The van der Waals surface area contributed by atoms with Gasteiger partial charge in [-0.1, -0.05) is 19.3 Å². The Hall–Kier alpha value is -1.89. The van der Waals surface area contributed by atoms with Crippen LogP contribution < -0.4 is 5.32 Å². The first kappa shape index (κ1) is 12.2. The maximum atomic E-state index is 12.8. The lowest BCUT2D eigenvalue weighted by atomic mass is 10.1. The van der Waals surface area contributed by atoms with Crippen molar-refractivity contribution in [1.82, 2.24) is 10.3 Å². The molecule has 0 fully saturated rings. The van der Waals surface area contributed by atoms with Crippen LogP contribution >= 0.6 is 0 Å². The van der Waals surface area contributed by atoms with Gasteiger partial charge in [0.1, 0.15) is 0 Å². The maximum absolute atomic E-state index is 12.8. The monoisotopic (exact) mass is 220 g/mol. The van der Waals surface area contributed by atoms with E-state index in [1.54, 1.807) is 0 Å². The summed E-state index contributed by atoms with van der Waals surface area (Å²) in [7, 11) is 0. The number of carbonyl (C=O) groups is 1. The fourth-order valence-electron chi connectivity index (χ4n) is 1.27. The summed E-state index contributed by atoms with van der Waals surface area (Å²) in [5, 5.41) is 2.64. The van der Waals surface area contributed by atoms with Crippen molar-refractivity contribution in [2.45, 2.75) is 25.8 Å². The number of pyridine rings is 1.